The fraction of sp³-hybridized carbons (Fsp3) is 0.909. The molecule has 82 valence electrons. The third-order valence-electron chi connectivity index (χ3n) is 3.47. The van der Waals surface area contributed by atoms with E-state index in [1.807, 2.05) is 0 Å². The second-order valence-corrected chi connectivity index (χ2v) is 4.29. The molecule has 1 aliphatic carbocycles. The number of hydrogen-bond acceptors (Lipinski definition) is 2. The maximum Gasteiger partial charge on any atom is 0.228 e. The summed E-state index contributed by atoms with van der Waals surface area (Å²) in [6.45, 7) is 2.61. The van der Waals surface area contributed by atoms with Crippen LogP contribution < -0.4 is 0 Å². The quantitative estimate of drug-likeness (QED) is 0.743. The fourth-order valence-electron chi connectivity index (χ4n) is 2.43. The van der Waals surface area contributed by atoms with Crippen LogP contribution in [0.25, 0.3) is 0 Å². The predicted octanol–water partition coefficient (Wildman–Crippen LogP) is 1.41. The lowest BCUT2D eigenvalue weighted by Crippen LogP contribution is -2.41. The predicted molar refractivity (Wildman–Crippen MR) is 55.9 cm³/mol. The Hall–Kier alpha value is -0.570. The van der Waals surface area contributed by atoms with Gasteiger partial charge in [0.15, 0.2) is 0 Å². The number of aliphatic hydroxyl groups is 1. The number of nitrogens with zero attached hydrogens (tertiary/aromatic N) is 1. The van der Waals surface area contributed by atoms with Gasteiger partial charge in [-0.25, -0.2) is 0 Å². The Kier molecular flexibility index (Phi) is 3.93. The van der Waals surface area contributed by atoms with E-state index >= 15 is 0 Å². The van der Waals surface area contributed by atoms with E-state index < -0.39 is 0 Å². The van der Waals surface area contributed by atoms with Gasteiger partial charge < -0.3 is 10.0 Å². The molecular weight excluding hydrogens is 178 g/mol. The summed E-state index contributed by atoms with van der Waals surface area (Å²) in [5, 5.41) is 8.79. The monoisotopic (exact) mass is 199 g/mol. The van der Waals surface area contributed by atoms with E-state index in [-0.39, 0.29) is 17.9 Å². The number of hydrogen-bond donors (Lipinski definition) is 1. The van der Waals surface area contributed by atoms with Crippen LogP contribution in [0.3, 0.4) is 0 Å². The molecule has 0 bridgehead atoms. The van der Waals surface area contributed by atoms with E-state index in [0.29, 0.717) is 6.54 Å². The first-order valence-corrected chi connectivity index (χ1v) is 5.53. The van der Waals surface area contributed by atoms with Crippen LogP contribution in [0.15, 0.2) is 0 Å². The summed E-state index contributed by atoms with van der Waals surface area (Å²) >= 11 is 0. The number of amides is 1. The highest BCUT2D eigenvalue weighted by atomic mass is 16.3. The molecule has 1 rings (SSSR count). The normalized spacial score (nSPS) is 19.6. The number of carbonyl (C=O) groups is 1. The Morgan fingerprint density at radius 3 is 2.43 bits per heavy atom. The zero-order chi connectivity index (χ0) is 10.6. The van der Waals surface area contributed by atoms with Crippen molar-refractivity contribution in [1.82, 2.24) is 4.90 Å². The molecule has 0 aromatic heterocycles. The molecule has 1 fully saturated rings. The van der Waals surface area contributed by atoms with Gasteiger partial charge in [-0.2, -0.15) is 0 Å². The molecule has 1 saturated carbocycles. The molecule has 0 aliphatic heterocycles. The smallest absolute Gasteiger partial charge is 0.228 e. The van der Waals surface area contributed by atoms with Gasteiger partial charge in [0.05, 0.1) is 6.61 Å². The van der Waals surface area contributed by atoms with Gasteiger partial charge in [-0.1, -0.05) is 19.8 Å². The van der Waals surface area contributed by atoms with Crippen molar-refractivity contribution in [2.75, 3.05) is 20.2 Å². The van der Waals surface area contributed by atoms with Gasteiger partial charge >= 0.3 is 0 Å². The first kappa shape index (κ1) is 11.5. The third-order valence-corrected chi connectivity index (χ3v) is 3.47. The van der Waals surface area contributed by atoms with Crippen LogP contribution >= 0.6 is 0 Å². The highest BCUT2D eigenvalue weighted by Gasteiger charge is 2.40. The molecular formula is C11H21NO2. The van der Waals surface area contributed by atoms with Crippen molar-refractivity contribution in [2.24, 2.45) is 5.41 Å². The van der Waals surface area contributed by atoms with Crippen molar-refractivity contribution >= 4 is 5.91 Å². The Bertz CT molecular complexity index is 197. The summed E-state index contributed by atoms with van der Waals surface area (Å²) in [7, 11) is 1.79. The maximum absolute atomic E-state index is 12.1. The molecule has 0 saturated heterocycles. The molecule has 1 aliphatic rings. The van der Waals surface area contributed by atoms with Crippen LogP contribution in [-0.4, -0.2) is 36.1 Å². The molecule has 1 N–H and O–H groups in total. The second-order valence-electron chi connectivity index (χ2n) is 4.29. The molecule has 0 aromatic carbocycles. The zero-order valence-electron chi connectivity index (χ0n) is 9.25. The largest absolute Gasteiger partial charge is 0.395 e. The van der Waals surface area contributed by atoms with Gasteiger partial charge in [0.2, 0.25) is 5.91 Å². The number of aliphatic hydroxyl groups excluding tert-OH is 1. The van der Waals surface area contributed by atoms with E-state index in [0.717, 1.165) is 19.3 Å². The lowest BCUT2D eigenvalue weighted by atomic mass is 9.82. The molecule has 14 heavy (non-hydrogen) atoms. The van der Waals surface area contributed by atoms with Crippen molar-refractivity contribution in [3.05, 3.63) is 0 Å². The number of carbonyl (C=O) groups excluding carboxylic acids is 1. The van der Waals surface area contributed by atoms with Gasteiger partial charge in [-0.15, -0.1) is 0 Å². The molecule has 0 radical (unpaired) electrons. The summed E-state index contributed by atoms with van der Waals surface area (Å²) in [5.74, 6) is 0.228. The van der Waals surface area contributed by atoms with Crippen LogP contribution in [0.4, 0.5) is 0 Å². The Morgan fingerprint density at radius 1 is 1.43 bits per heavy atom. The van der Waals surface area contributed by atoms with E-state index in [1.54, 1.807) is 11.9 Å². The van der Waals surface area contributed by atoms with Crippen LogP contribution in [0.5, 0.6) is 0 Å². The van der Waals surface area contributed by atoms with Crippen molar-refractivity contribution < 1.29 is 9.90 Å². The minimum Gasteiger partial charge on any atom is -0.395 e. The van der Waals surface area contributed by atoms with Gasteiger partial charge in [0.25, 0.3) is 0 Å². The lowest BCUT2D eigenvalue weighted by molar-refractivity contribution is -0.141. The third kappa shape index (κ3) is 2.08. The van der Waals surface area contributed by atoms with Crippen LogP contribution in [0.2, 0.25) is 0 Å². The van der Waals surface area contributed by atoms with E-state index in [1.165, 1.54) is 12.8 Å². The molecule has 0 aromatic rings. The molecule has 0 heterocycles. The highest BCUT2D eigenvalue weighted by molar-refractivity contribution is 5.82. The summed E-state index contributed by atoms with van der Waals surface area (Å²) in [6, 6.07) is 0. The zero-order valence-corrected chi connectivity index (χ0v) is 9.25. The van der Waals surface area contributed by atoms with Gasteiger partial charge in [-0.3, -0.25) is 4.79 Å². The van der Waals surface area contributed by atoms with Gasteiger partial charge in [0, 0.05) is 19.0 Å². The highest BCUT2D eigenvalue weighted by Crippen LogP contribution is 2.42. The maximum atomic E-state index is 12.1. The minimum atomic E-state index is -0.107. The molecule has 0 spiro atoms. The van der Waals surface area contributed by atoms with Crippen LogP contribution in [0, 0.1) is 5.41 Å². The SMILES string of the molecule is CCC1(C(=O)N(C)CCO)CCCC1. The average molecular weight is 199 g/mol. The van der Waals surface area contributed by atoms with Crippen molar-refractivity contribution in [2.45, 2.75) is 39.0 Å². The average Bonchev–Trinajstić information content (AvgIpc) is 2.66. The summed E-state index contributed by atoms with van der Waals surface area (Å²) in [6.07, 6.45) is 5.33. The fourth-order valence-corrected chi connectivity index (χ4v) is 2.43. The van der Waals surface area contributed by atoms with Crippen LogP contribution in [-0.2, 0) is 4.79 Å². The van der Waals surface area contributed by atoms with Crippen molar-refractivity contribution in [3.63, 3.8) is 0 Å². The summed E-state index contributed by atoms with van der Waals surface area (Å²) in [4.78, 5) is 13.8. The topological polar surface area (TPSA) is 40.5 Å². The molecule has 0 unspecified atom stereocenters. The minimum absolute atomic E-state index is 0.0576. The Balaban J connectivity index is 2.64. The van der Waals surface area contributed by atoms with E-state index in [9.17, 15) is 4.79 Å². The summed E-state index contributed by atoms with van der Waals surface area (Å²) in [5.41, 5.74) is -0.107. The second kappa shape index (κ2) is 4.78. The van der Waals surface area contributed by atoms with Crippen molar-refractivity contribution in [1.29, 1.82) is 0 Å². The molecule has 3 heteroatoms. The lowest BCUT2D eigenvalue weighted by Gasteiger charge is -2.31. The van der Waals surface area contributed by atoms with Gasteiger partial charge in [0.1, 0.15) is 0 Å². The van der Waals surface area contributed by atoms with Crippen LogP contribution in [0.1, 0.15) is 39.0 Å². The molecule has 1 amide bonds. The van der Waals surface area contributed by atoms with Crippen molar-refractivity contribution in [3.8, 4) is 0 Å². The number of likely N-dealkylation sites (N-methyl/N-ethyl adjacent to an activating group) is 1. The van der Waals surface area contributed by atoms with Gasteiger partial charge in [-0.05, 0) is 19.3 Å². The molecule has 3 nitrogen and oxygen atoms in total. The van der Waals surface area contributed by atoms with E-state index in [4.69, 9.17) is 5.11 Å². The van der Waals surface area contributed by atoms with E-state index in [2.05, 4.69) is 6.92 Å². The summed E-state index contributed by atoms with van der Waals surface area (Å²) < 4.78 is 0. The Morgan fingerprint density at radius 2 is 2.00 bits per heavy atom. The number of rotatable bonds is 4. The first-order valence-electron chi connectivity index (χ1n) is 5.53. The Labute approximate surface area is 86.1 Å². The molecule has 0 atom stereocenters. The first-order chi connectivity index (χ1) is 6.66. The standard InChI is InChI=1S/C11H21NO2/c1-3-11(6-4-5-7-11)10(14)12(2)8-9-13/h13H,3-9H2,1-2H3.